The van der Waals surface area contributed by atoms with Crippen LogP contribution in [0.3, 0.4) is 0 Å². The van der Waals surface area contributed by atoms with Gasteiger partial charge in [-0.25, -0.2) is 4.98 Å². The second kappa shape index (κ2) is 5.95. The largest absolute Gasteiger partial charge is 0.330 e. The zero-order valence-corrected chi connectivity index (χ0v) is 11.8. The van der Waals surface area contributed by atoms with Crippen molar-refractivity contribution < 1.29 is 4.79 Å². The van der Waals surface area contributed by atoms with Crippen LogP contribution in [0.2, 0.25) is 0 Å². The first-order chi connectivity index (χ1) is 9.10. The predicted octanol–water partition coefficient (Wildman–Crippen LogP) is 2.65. The van der Waals surface area contributed by atoms with Crippen molar-refractivity contribution in [3.8, 4) is 11.3 Å². The first kappa shape index (κ1) is 13.7. The van der Waals surface area contributed by atoms with E-state index < -0.39 is 0 Å². The molecule has 0 aliphatic heterocycles. The molecule has 1 aromatic carbocycles. The van der Waals surface area contributed by atoms with Crippen LogP contribution in [0.4, 0.5) is 5.13 Å². The number of benzene rings is 1. The van der Waals surface area contributed by atoms with E-state index >= 15 is 0 Å². The van der Waals surface area contributed by atoms with E-state index in [2.05, 4.69) is 10.3 Å². The van der Waals surface area contributed by atoms with Crippen LogP contribution in [0, 0.1) is 12.8 Å². The minimum absolute atomic E-state index is 0.0905. The molecule has 0 fully saturated rings. The highest BCUT2D eigenvalue weighted by atomic mass is 32.1. The van der Waals surface area contributed by atoms with Gasteiger partial charge in [0.25, 0.3) is 0 Å². The Morgan fingerprint density at radius 2 is 2.11 bits per heavy atom. The fourth-order valence-corrected chi connectivity index (χ4v) is 2.25. The number of aryl methyl sites for hydroxylation is 1. The van der Waals surface area contributed by atoms with Crippen LogP contribution in [0.15, 0.2) is 29.6 Å². The lowest BCUT2D eigenvalue weighted by Crippen LogP contribution is -2.26. The quantitative estimate of drug-likeness (QED) is 0.901. The van der Waals surface area contributed by atoms with Gasteiger partial charge in [0.2, 0.25) is 5.91 Å². The van der Waals surface area contributed by atoms with Gasteiger partial charge >= 0.3 is 0 Å². The van der Waals surface area contributed by atoms with Crippen LogP contribution in [-0.4, -0.2) is 17.4 Å². The molecule has 1 aromatic heterocycles. The monoisotopic (exact) mass is 275 g/mol. The van der Waals surface area contributed by atoms with Gasteiger partial charge in [-0.1, -0.05) is 36.8 Å². The predicted molar refractivity (Wildman–Crippen MR) is 79.1 cm³/mol. The molecule has 1 unspecified atom stereocenters. The fraction of sp³-hybridized carbons (Fsp3) is 0.286. The minimum Gasteiger partial charge on any atom is -0.330 e. The normalized spacial score (nSPS) is 12.2. The summed E-state index contributed by atoms with van der Waals surface area (Å²) in [5.41, 5.74) is 8.60. The molecule has 0 radical (unpaired) electrons. The number of rotatable bonds is 4. The van der Waals surface area contributed by atoms with E-state index in [-0.39, 0.29) is 11.8 Å². The number of aromatic nitrogens is 1. The molecule has 19 heavy (non-hydrogen) atoms. The summed E-state index contributed by atoms with van der Waals surface area (Å²) < 4.78 is 0. The van der Waals surface area contributed by atoms with Gasteiger partial charge in [-0.2, -0.15) is 0 Å². The van der Waals surface area contributed by atoms with E-state index in [0.717, 1.165) is 11.3 Å². The van der Waals surface area contributed by atoms with Gasteiger partial charge in [0.15, 0.2) is 5.13 Å². The van der Waals surface area contributed by atoms with E-state index in [1.807, 2.05) is 36.6 Å². The van der Waals surface area contributed by atoms with Crippen LogP contribution in [-0.2, 0) is 4.79 Å². The molecule has 1 heterocycles. The smallest absolute Gasteiger partial charge is 0.230 e. The van der Waals surface area contributed by atoms with Crippen LogP contribution in [0.5, 0.6) is 0 Å². The summed E-state index contributed by atoms with van der Waals surface area (Å²) in [5, 5.41) is 5.33. The Labute approximate surface area is 116 Å². The SMILES string of the molecule is Cc1ccc(-c2csc(NC(=O)C(C)CN)n2)cc1. The summed E-state index contributed by atoms with van der Waals surface area (Å²) in [6.45, 7) is 4.18. The Morgan fingerprint density at radius 3 is 2.74 bits per heavy atom. The van der Waals surface area contributed by atoms with E-state index in [1.165, 1.54) is 16.9 Å². The molecule has 0 saturated heterocycles. The van der Waals surface area contributed by atoms with E-state index in [4.69, 9.17) is 5.73 Å². The summed E-state index contributed by atoms with van der Waals surface area (Å²) in [6, 6.07) is 8.14. The number of carbonyl (C=O) groups is 1. The van der Waals surface area contributed by atoms with Crippen molar-refractivity contribution in [1.29, 1.82) is 0 Å². The molecule has 0 aliphatic rings. The highest BCUT2D eigenvalue weighted by molar-refractivity contribution is 7.14. The van der Waals surface area contributed by atoms with Gasteiger partial charge in [0.1, 0.15) is 0 Å². The Balaban J connectivity index is 2.11. The molecule has 1 atom stereocenters. The molecule has 0 bridgehead atoms. The number of nitrogens with one attached hydrogen (secondary N) is 1. The average molecular weight is 275 g/mol. The van der Waals surface area contributed by atoms with Crippen LogP contribution in [0.25, 0.3) is 11.3 Å². The first-order valence-corrected chi connectivity index (χ1v) is 7.01. The lowest BCUT2D eigenvalue weighted by Gasteiger charge is -2.06. The zero-order chi connectivity index (χ0) is 13.8. The molecule has 100 valence electrons. The summed E-state index contributed by atoms with van der Waals surface area (Å²) in [6.07, 6.45) is 0. The van der Waals surface area contributed by atoms with Crippen molar-refractivity contribution in [3.05, 3.63) is 35.2 Å². The maximum absolute atomic E-state index is 11.7. The number of nitrogens with two attached hydrogens (primary N) is 1. The third-order valence-electron chi connectivity index (χ3n) is 2.88. The number of hydrogen-bond donors (Lipinski definition) is 2. The Hall–Kier alpha value is -1.72. The number of carbonyl (C=O) groups excluding carboxylic acids is 1. The van der Waals surface area contributed by atoms with Crippen molar-refractivity contribution in [2.75, 3.05) is 11.9 Å². The topological polar surface area (TPSA) is 68.0 Å². The van der Waals surface area contributed by atoms with Gasteiger partial charge in [-0.05, 0) is 6.92 Å². The third-order valence-corrected chi connectivity index (χ3v) is 3.64. The van der Waals surface area contributed by atoms with E-state index in [1.54, 1.807) is 6.92 Å². The van der Waals surface area contributed by atoms with Gasteiger partial charge in [0, 0.05) is 23.4 Å². The summed E-state index contributed by atoms with van der Waals surface area (Å²) in [4.78, 5) is 16.1. The number of anilines is 1. The second-order valence-corrected chi connectivity index (χ2v) is 5.39. The van der Waals surface area contributed by atoms with Crippen molar-refractivity contribution in [2.45, 2.75) is 13.8 Å². The fourth-order valence-electron chi connectivity index (χ4n) is 1.52. The molecule has 2 rings (SSSR count). The third kappa shape index (κ3) is 3.39. The molecule has 4 nitrogen and oxygen atoms in total. The lowest BCUT2D eigenvalue weighted by atomic mass is 10.1. The average Bonchev–Trinajstić information content (AvgIpc) is 2.87. The zero-order valence-electron chi connectivity index (χ0n) is 11.0. The van der Waals surface area contributed by atoms with Crippen molar-refractivity contribution in [1.82, 2.24) is 4.98 Å². The highest BCUT2D eigenvalue weighted by Crippen LogP contribution is 2.25. The highest BCUT2D eigenvalue weighted by Gasteiger charge is 2.13. The maximum atomic E-state index is 11.7. The van der Waals surface area contributed by atoms with Crippen LogP contribution >= 0.6 is 11.3 Å². The number of thiazole rings is 1. The number of amides is 1. The van der Waals surface area contributed by atoms with Crippen LogP contribution in [0.1, 0.15) is 12.5 Å². The molecule has 5 heteroatoms. The molecular weight excluding hydrogens is 258 g/mol. The van der Waals surface area contributed by atoms with Gasteiger partial charge in [0.05, 0.1) is 5.69 Å². The minimum atomic E-state index is -0.202. The van der Waals surface area contributed by atoms with Gasteiger partial charge < -0.3 is 11.1 Å². The molecule has 0 saturated carbocycles. The molecule has 0 aliphatic carbocycles. The lowest BCUT2D eigenvalue weighted by molar-refractivity contribution is -0.119. The summed E-state index contributed by atoms with van der Waals surface area (Å²) >= 11 is 1.42. The molecule has 1 amide bonds. The van der Waals surface area contributed by atoms with Gasteiger partial charge in [-0.3, -0.25) is 4.79 Å². The number of hydrogen-bond acceptors (Lipinski definition) is 4. The Bertz CT molecular complexity index is 562. The van der Waals surface area contributed by atoms with Crippen molar-refractivity contribution in [2.24, 2.45) is 11.7 Å². The number of nitrogens with zero attached hydrogens (tertiary/aromatic N) is 1. The van der Waals surface area contributed by atoms with Crippen molar-refractivity contribution >= 4 is 22.4 Å². The van der Waals surface area contributed by atoms with Crippen LogP contribution < -0.4 is 11.1 Å². The first-order valence-electron chi connectivity index (χ1n) is 6.13. The van der Waals surface area contributed by atoms with E-state index in [0.29, 0.717) is 11.7 Å². The van der Waals surface area contributed by atoms with E-state index in [9.17, 15) is 4.79 Å². The molecule has 0 spiro atoms. The molecule has 2 aromatic rings. The second-order valence-electron chi connectivity index (χ2n) is 4.53. The Morgan fingerprint density at radius 1 is 1.42 bits per heavy atom. The molecular formula is C14H17N3OS. The van der Waals surface area contributed by atoms with Gasteiger partial charge in [-0.15, -0.1) is 11.3 Å². The summed E-state index contributed by atoms with van der Waals surface area (Å²) in [5.74, 6) is -0.293. The Kier molecular flexibility index (Phi) is 4.29. The molecule has 3 N–H and O–H groups in total. The standard InChI is InChI=1S/C14H17N3OS/c1-9-3-5-11(6-4-9)12-8-19-14(16-12)17-13(18)10(2)7-15/h3-6,8,10H,7,15H2,1-2H3,(H,16,17,18). The summed E-state index contributed by atoms with van der Waals surface area (Å²) in [7, 11) is 0. The maximum Gasteiger partial charge on any atom is 0.230 e. The van der Waals surface area contributed by atoms with Crippen molar-refractivity contribution in [3.63, 3.8) is 0 Å².